The maximum absolute atomic E-state index is 12.1. The molecule has 0 N–H and O–H groups in total. The lowest BCUT2D eigenvalue weighted by molar-refractivity contribution is 0.663. The second-order valence-electron chi connectivity index (χ2n) is 3.89. The van der Waals surface area contributed by atoms with Gasteiger partial charge in [-0.25, -0.2) is 9.48 Å². The summed E-state index contributed by atoms with van der Waals surface area (Å²) in [5.74, 6) is 5.19. The van der Waals surface area contributed by atoms with Crippen molar-refractivity contribution in [1.29, 1.82) is 0 Å². The van der Waals surface area contributed by atoms with Gasteiger partial charge in [-0.15, -0.1) is 17.9 Å². The number of nitrogens with zero attached hydrogens (tertiary/aromatic N) is 3. The highest BCUT2D eigenvalue weighted by Crippen LogP contribution is 2.27. The van der Waals surface area contributed by atoms with Crippen molar-refractivity contribution in [3.05, 3.63) is 38.7 Å². The van der Waals surface area contributed by atoms with E-state index in [1.807, 2.05) is 0 Å². The Morgan fingerprint density at radius 1 is 1.15 bits per heavy atom. The molecule has 0 unspecified atom stereocenters. The predicted octanol–water partition coefficient (Wildman–Crippen LogP) is 2.29. The zero-order valence-corrected chi connectivity index (χ0v) is 11.8. The first-order chi connectivity index (χ1) is 9.58. The molecule has 0 bridgehead atoms. The highest BCUT2D eigenvalue weighted by Gasteiger charge is 2.14. The Morgan fingerprint density at radius 2 is 1.85 bits per heavy atom. The molecule has 0 aliphatic heterocycles. The van der Waals surface area contributed by atoms with Crippen molar-refractivity contribution in [2.45, 2.75) is 13.1 Å². The summed E-state index contributed by atoms with van der Waals surface area (Å²) in [6.07, 6.45) is 10.5. The van der Waals surface area contributed by atoms with Gasteiger partial charge >= 0.3 is 5.69 Å². The van der Waals surface area contributed by atoms with Crippen LogP contribution >= 0.6 is 23.2 Å². The minimum absolute atomic E-state index is 0.0741. The van der Waals surface area contributed by atoms with Gasteiger partial charge in [0.2, 0.25) is 0 Å². The Morgan fingerprint density at radius 3 is 2.45 bits per heavy atom. The Kier molecular flexibility index (Phi) is 4.20. The average molecular weight is 306 g/mol. The number of hydrogen-bond acceptors (Lipinski definition) is 2. The van der Waals surface area contributed by atoms with Gasteiger partial charge in [0.25, 0.3) is 0 Å². The van der Waals surface area contributed by atoms with Crippen molar-refractivity contribution in [2.24, 2.45) is 0 Å². The molecule has 6 heteroatoms. The molecule has 2 rings (SSSR count). The van der Waals surface area contributed by atoms with Crippen molar-refractivity contribution < 1.29 is 0 Å². The van der Waals surface area contributed by atoms with E-state index in [0.717, 1.165) is 0 Å². The lowest BCUT2D eigenvalue weighted by atomic mass is 10.2. The van der Waals surface area contributed by atoms with E-state index in [9.17, 15) is 4.79 Å². The van der Waals surface area contributed by atoms with Gasteiger partial charge in [0.15, 0.2) is 5.82 Å². The minimum Gasteiger partial charge on any atom is -0.263 e. The summed E-state index contributed by atoms with van der Waals surface area (Å²) >= 11 is 11.8. The first-order valence-electron chi connectivity index (χ1n) is 5.58. The van der Waals surface area contributed by atoms with Gasteiger partial charge in [-0.1, -0.05) is 35.0 Å². The molecule has 0 aliphatic carbocycles. The molecule has 2 aromatic rings. The van der Waals surface area contributed by atoms with Gasteiger partial charge in [0.1, 0.15) is 6.54 Å². The maximum Gasteiger partial charge on any atom is 0.347 e. The summed E-state index contributed by atoms with van der Waals surface area (Å²) in [7, 11) is 0. The van der Waals surface area contributed by atoms with Crippen LogP contribution in [0.25, 0.3) is 11.4 Å². The third kappa shape index (κ3) is 2.58. The summed E-state index contributed by atoms with van der Waals surface area (Å²) in [6.45, 7) is 0.170. The third-order valence-electron chi connectivity index (χ3n) is 2.59. The largest absolute Gasteiger partial charge is 0.347 e. The first kappa shape index (κ1) is 14.3. The normalized spacial score (nSPS) is 10.0. The van der Waals surface area contributed by atoms with Crippen LogP contribution in [0, 0.1) is 24.7 Å². The fraction of sp³-hybridized carbons (Fsp3) is 0.143. The van der Waals surface area contributed by atoms with Gasteiger partial charge < -0.3 is 0 Å². The molecule has 0 atom stereocenters. The first-order valence-corrected chi connectivity index (χ1v) is 6.34. The molecule has 20 heavy (non-hydrogen) atoms. The zero-order chi connectivity index (χ0) is 14.7. The molecule has 0 fully saturated rings. The number of terminal acetylenes is 2. The van der Waals surface area contributed by atoms with Crippen LogP contribution in [0.3, 0.4) is 0 Å². The van der Waals surface area contributed by atoms with Crippen molar-refractivity contribution in [2.75, 3.05) is 0 Å². The van der Waals surface area contributed by atoms with Crippen molar-refractivity contribution in [1.82, 2.24) is 14.3 Å². The minimum atomic E-state index is -0.359. The highest BCUT2D eigenvalue weighted by atomic mass is 35.5. The standard InChI is InChI=1S/C14H9Cl2N3O/c1-3-7-18-13(17-19(8-4-2)14(18)20)10-5-6-11(15)12(16)9-10/h1-2,5-6,9H,7-8H2. The van der Waals surface area contributed by atoms with Crippen LogP contribution in [0.1, 0.15) is 0 Å². The third-order valence-corrected chi connectivity index (χ3v) is 3.33. The molecule has 0 aliphatic rings. The molecule has 1 aromatic heterocycles. The monoisotopic (exact) mass is 305 g/mol. The second-order valence-corrected chi connectivity index (χ2v) is 4.70. The van der Waals surface area contributed by atoms with Crippen molar-refractivity contribution in [3.63, 3.8) is 0 Å². The topological polar surface area (TPSA) is 39.8 Å². The van der Waals surface area contributed by atoms with Crippen molar-refractivity contribution >= 4 is 23.2 Å². The Hall–Kier alpha value is -2.14. The van der Waals surface area contributed by atoms with Crippen molar-refractivity contribution in [3.8, 4) is 36.1 Å². The number of rotatable bonds is 3. The number of aromatic nitrogens is 3. The fourth-order valence-corrected chi connectivity index (χ4v) is 2.01. The summed E-state index contributed by atoms with van der Waals surface area (Å²) < 4.78 is 2.53. The zero-order valence-electron chi connectivity index (χ0n) is 10.3. The Bertz CT molecular complexity index is 790. The number of halogens is 2. The molecule has 1 heterocycles. The number of hydrogen-bond donors (Lipinski definition) is 0. The van der Waals surface area contributed by atoms with E-state index >= 15 is 0 Å². The molecule has 4 nitrogen and oxygen atoms in total. The Balaban J connectivity index is 2.64. The van der Waals surface area contributed by atoms with Crippen LogP contribution in [0.15, 0.2) is 23.0 Å². The van der Waals surface area contributed by atoms with E-state index in [2.05, 4.69) is 16.9 Å². The maximum atomic E-state index is 12.1. The molecular weight excluding hydrogens is 297 g/mol. The van der Waals surface area contributed by atoms with Crippen LogP contribution in [-0.4, -0.2) is 14.3 Å². The van der Waals surface area contributed by atoms with Crippen LogP contribution in [0.4, 0.5) is 0 Å². The molecule has 0 saturated heterocycles. The quantitative estimate of drug-likeness (QED) is 0.816. The molecule has 0 saturated carbocycles. The van der Waals surface area contributed by atoms with Crippen LogP contribution in [0.2, 0.25) is 10.0 Å². The molecule has 1 aromatic carbocycles. The van der Waals surface area contributed by atoms with Gasteiger partial charge in [-0.05, 0) is 18.2 Å². The van der Waals surface area contributed by atoms with Gasteiger partial charge in [0.05, 0.1) is 16.6 Å². The molecule has 0 amide bonds. The average Bonchev–Trinajstić information content (AvgIpc) is 2.72. The predicted molar refractivity (Wildman–Crippen MR) is 79.6 cm³/mol. The molecular formula is C14H9Cl2N3O. The van der Waals surface area contributed by atoms with Gasteiger partial charge in [0, 0.05) is 5.56 Å². The second kappa shape index (κ2) is 5.88. The molecule has 100 valence electrons. The van der Waals surface area contributed by atoms with Gasteiger partial charge in [-0.3, -0.25) is 4.57 Å². The smallest absolute Gasteiger partial charge is 0.263 e. The summed E-state index contributed by atoms with van der Waals surface area (Å²) in [5, 5.41) is 4.98. The van der Waals surface area contributed by atoms with Crippen LogP contribution in [-0.2, 0) is 13.1 Å². The summed E-state index contributed by atoms with van der Waals surface area (Å²) in [6, 6.07) is 4.96. The van der Waals surface area contributed by atoms with Gasteiger partial charge in [-0.2, -0.15) is 0 Å². The summed E-state index contributed by atoms with van der Waals surface area (Å²) in [4.78, 5) is 12.1. The van der Waals surface area contributed by atoms with E-state index in [0.29, 0.717) is 21.4 Å². The lowest BCUT2D eigenvalue weighted by Gasteiger charge is -2.03. The SMILES string of the molecule is C#CCn1nc(-c2ccc(Cl)c(Cl)c2)n(CC#C)c1=O. The fourth-order valence-electron chi connectivity index (χ4n) is 1.71. The van der Waals surface area contributed by atoms with E-state index in [1.165, 1.54) is 9.25 Å². The lowest BCUT2D eigenvalue weighted by Crippen LogP contribution is -2.24. The van der Waals surface area contributed by atoms with E-state index in [-0.39, 0.29) is 18.8 Å². The van der Waals surface area contributed by atoms with Crippen LogP contribution in [0.5, 0.6) is 0 Å². The Labute approximate surface area is 125 Å². The van der Waals surface area contributed by atoms with E-state index in [1.54, 1.807) is 18.2 Å². The molecule has 0 spiro atoms. The van der Waals surface area contributed by atoms with E-state index in [4.69, 9.17) is 36.0 Å². The number of benzene rings is 1. The highest BCUT2D eigenvalue weighted by molar-refractivity contribution is 6.42. The summed E-state index contributed by atoms with van der Waals surface area (Å²) in [5.41, 5.74) is 0.282. The van der Waals surface area contributed by atoms with Crippen LogP contribution < -0.4 is 5.69 Å². The molecule has 0 radical (unpaired) electrons. The van der Waals surface area contributed by atoms with E-state index < -0.39 is 0 Å².